The number of hydrogen-bond donors (Lipinski definition) is 1. The Morgan fingerprint density at radius 3 is 2.53 bits per heavy atom. The number of ketones is 1. The minimum atomic E-state index is -0.819. The second-order valence-corrected chi connectivity index (χ2v) is 9.57. The van der Waals surface area contributed by atoms with Crippen molar-refractivity contribution < 1.29 is 19.4 Å². The molecule has 1 aromatic heterocycles. The molecular formula is C26H19BrN2O4S. The second-order valence-electron chi connectivity index (χ2n) is 7.65. The van der Waals surface area contributed by atoms with Crippen LogP contribution in [0.25, 0.3) is 16.0 Å². The lowest BCUT2D eigenvalue weighted by atomic mass is 9.95. The van der Waals surface area contributed by atoms with Crippen LogP contribution in [0.5, 0.6) is 5.75 Å². The van der Waals surface area contributed by atoms with E-state index in [0.717, 1.165) is 9.17 Å². The van der Waals surface area contributed by atoms with E-state index in [1.165, 1.54) is 16.2 Å². The molecule has 1 atom stereocenters. The van der Waals surface area contributed by atoms with E-state index in [2.05, 4.69) is 20.9 Å². The van der Waals surface area contributed by atoms with E-state index < -0.39 is 17.7 Å². The van der Waals surface area contributed by atoms with Crippen molar-refractivity contribution in [3.63, 3.8) is 0 Å². The number of carbonyl (C=O) groups is 2. The Kier molecular flexibility index (Phi) is 5.93. The highest BCUT2D eigenvalue weighted by Gasteiger charge is 2.48. The highest BCUT2D eigenvalue weighted by molar-refractivity contribution is 9.10. The van der Waals surface area contributed by atoms with Gasteiger partial charge in [-0.25, -0.2) is 4.98 Å². The van der Waals surface area contributed by atoms with Crippen molar-refractivity contribution in [2.24, 2.45) is 0 Å². The van der Waals surface area contributed by atoms with E-state index in [9.17, 15) is 14.7 Å². The number of aromatic nitrogens is 1. The molecule has 0 spiro atoms. The summed E-state index contributed by atoms with van der Waals surface area (Å²) in [6.45, 7) is 2.45. The van der Waals surface area contributed by atoms with Gasteiger partial charge in [0.05, 0.1) is 28.4 Å². The van der Waals surface area contributed by atoms with E-state index in [1.807, 2.05) is 55.5 Å². The molecule has 1 saturated heterocycles. The summed E-state index contributed by atoms with van der Waals surface area (Å²) in [4.78, 5) is 32.6. The first-order valence-electron chi connectivity index (χ1n) is 10.6. The number of aliphatic hydroxyl groups is 1. The largest absolute Gasteiger partial charge is 0.507 e. The van der Waals surface area contributed by atoms with Gasteiger partial charge in [-0.3, -0.25) is 14.5 Å². The molecule has 2 heterocycles. The van der Waals surface area contributed by atoms with Gasteiger partial charge in [0.1, 0.15) is 11.5 Å². The van der Waals surface area contributed by atoms with Gasteiger partial charge in [0.25, 0.3) is 5.78 Å². The quantitative estimate of drug-likeness (QED) is 0.190. The van der Waals surface area contributed by atoms with Crippen LogP contribution < -0.4 is 9.64 Å². The lowest BCUT2D eigenvalue weighted by molar-refractivity contribution is -0.132. The van der Waals surface area contributed by atoms with Crippen LogP contribution in [0.15, 0.2) is 82.8 Å². The summed E-state index contributed by atoms with van der Waals surface area (Å²) in [6, 6.07) is 20.8. The molecule has 6 nitrogen and oxygen atoms in total. The molecule has 5 rings (SSSR count). The predicted octanol–water partition coefficient (Wildman–Crippen LogP) is 6.08. The molecule has 170 valence electrons. The molecule has 1 N–H and O–H groups in total. The summed E-state index contributed by atoms with van der Waals surface area (Å²) in [5, 5.41) is 11.5. The Morgan fingerprint density at radius 1 is 1.09 bits per heavy atom. The molecule has 1 amide bonds. The van der Waals surface area contributed by atoms with E-state index in [0.29, 0.717) is 34.1 Å². The number of hydrogen-bond acceptors (Lipinski definition) is 6. The summed E-state index contributed by atoms with van der Waals surface area (Å²) < 4.78 is 7.28. The molecule has 8 heteroatoms. The Hall–Kier alpha value is -3.49. The first-order valence-corrected chi connectivity index (χ1v) is 12.2. The number of thiazole rings is 1. The number of ether oxygens (including phenoxy) is 1. The summed E-state index contributed by atoms with van der Waals surface area (Å²) in [6.07, 6.45) is 0. The van der Waals surface area contributed by atoms with Gasteiger partial charge in [-0.15, -0.1) is 0 Å². The predicted molar refractivity (Wildman–Crippen MR) is 136 cm³/mol. The Bertz CT molecular complexity index is 1430. The fourth-order valence-corrected chi connectivity index (χ4v) is 5.28. The number of fused-ring (bicyclic) bond motifs is 1. The summed E-state index contributed by atoms with van der Waals surface area (Å²) in [5.74, 6) is -0.979. The summed E-state index contributed by atoms with van der Waals surface area (Å²) in [5.41, 5.74) is 1.89. The van der Waals surface area contributed by atoms with E-state index in [1.54, 1.807) is 24.3 Å². The zero-order chi connectivity index (χ0) is 23.8. The number of rotatable bonds is 5. The highest BCUT2D eigenvalue weighted by Crippen LogP contribution is 2.44. The van der Waals surface area contributed by atoms with Crippen molar-refractivity contribution in [1.82, 2.24) is 4.98 Å². The SMILES string of the molecule is CCOc1ccc2nc(N3C(=O)C(=O)C(=C(O)c4ccccc4)C3c3ccc(Br)cc3)sc2c1. The molecule has 0 radical (unpaired) electrons. The van der Waals surface area contributed by atoms with Crippen LogP contribution in [-0.2, 0) is 9.59 Å². The monoisotopic (exact) mass is 534 g/mol. The van der Waals surface area contributed by atoms with Gasteiger partial charge in [0.15, 0.2) is 5.13 Å². The Balaban J connectivity index is 1.69. The fraction of sp³-hybridized carbons (Fsp3) is 0.115. The lowest BCUT2D eigenvalue weighted by Crippen LogP contribution is -2.29. The number of Topliss-reactive ketones (excluding diaryl/α,β-unsaturated/α-hetero) is 1. The minimum Gasteiger partial charge on any atom is -0.507 e. The summed E-state index contributed by atoms with van der Waals surface area (Å²) in [7, 11) is 0. The number of halogens is 1. The maximum Gasteiger partial charge on any atom is 0.301 e. The smallest absolute Gasteiger partial charge is 0.301 e. The first-order chi connectivity index (χ1) is 16.5. The van der Waals surface area contributed by atoms with Crippen LogP contribution in [0, 0.1) is 0 Å². The molecular weight excluding hydrogens is 516 g/mol. The van der Waals surface area contributed by atoms with Crippen LogP contribution in [0.1, 0.15) is 24.1 Å². The van der Waals surface area contributed by atoms with Gasteiger partial charge in [-0.1, -0.05) is 69.7 Å². The van der Waals surface area contributed by atoms with E-state index in [-0.39, 0.29) is 11.3 Å². The van der Waals surface area contributed by atoms with Gasteiger partial charge in [0, 0.05) is 10.0 Å². The first kappa shape index (κ1) is 22.3. The minimum absolute atomic E-state index is 0.0350. The maximum atomic E-state index is 13.3. The van der Waals surface area contributed by atoms with Gasteiger partial charge < -0.3 is 9.84 Å². The number of anilines is 1. The molecule has 1 aliphatic rings. The van der Waals surface area contributed by atoms with Gasteiger partial charge in [-0.2, -0.15) is 0 Å². The van der Waals surface area contributed by atoms with E-state index in [4.69, 9.17) is 4.74 Å². The van der Waals surface area contributed by atoms with Crippen molar-refractivity contribution in [2.75, 3.05) is 11.5 Å². The standard InChI is InChI=1S/C26H19BrN2O4S/c1-2-33-18-12-13-19-20(14-18)34-26(28-19)29-22(15-8-10-17(27)11-9-15)21(24(31)25(29)32)23(30)16-6-4-3-5-7-16/h3-14,22,30H,2H2,1H3. The van der Waals surface area contributed by atoms with Gasteiger partial charge >= 0.3 is 5.91 Å². The lowest BCUT2D eigenvalue weighted by Gasteiger charge is -2.23. The van der Waals surface area contributed by atoms with Gasteiger partial charge in [0.2, 0.25) is 0 Å². The van der Waals surface area contributed by atoms with Crippen molar-refractivity contribution >= 4 is 60.1 Å². The summed E-state index contributed by atoms with van der Waals surface area (Å²) >= 11 is 4.73. The molecule has 4 aromatic rings. The van der Waals surface area contributed by atoms with Crippen LogP contribution in [0.3, 0.4) is 0 Å². The third-order valence-electron chi connectivity index (χ3n) is 5.54. The number of benzene rings is 3. The van der Waals surface area contributed by atoms with Crippen molar-refractivity contribution in [3.05, 3.63) is 94.0 Å². The Labute approximate surface area is 208 Å². The third-order valence-corrected chi connectivity index (χ3v) is 7.09. The molecule has 3 aromatic carbocycles. The maximum absolute atomic E-state index is 13.3. The average Bonchev–Trinajstić information content (AvgIpc) is 3.38. The molecule has 1 unspecified atom stereocenters. The molecule has 34 heavy (non-hydrogen) atoms. The number of amides is 1. The topological polar surface area (TPSA) is 79.7 Å². The van der Waals surface area contributed by atoms with Crippen molar-refractivity contribution in [2.45, 2.75) is 13.0 Å². The number of carbonyl (C=O) groups excluding carboxylic acids is 2. The normalized spacial score (nSPS) is 17.5. The molecule has 1 fully saturated rings. The second kappa shape index (κ2) is 9.04. The van der Waals surface area contributed by atoms with Crippen molar-refractivity contribution in [1.29, 1.82) is 0 Å². The molecule has 1 aliphatic heterocycles. The van der Waals surface area contributed by atoms with E-state index >= 15 is 0 Å². The van der Waals surface area contributed by atoms with Crippen LogP contribution >= 0.6 is 27.3 Å². The van der Waals surface area contributed by atoms with Crippen LogP contribution in [0.4, 0.5) is 5.13 Å². The van der Waals surface area contributed by atoms with Gasteiger partial charge in [-0.05, 0) is 42.8 Å². The number of aliphatic hydroxyl groups excluding tert-OH is 1. The van der Waals surface area contributed by atoms with Crippen LogP contribution in [-0.4, -0.2) is 28.4 Å². The molecule has 0 aliphatic carbocycles. The van der Waals surface area contributed by atoms with Crippen LogP contribution in [0.2, 0.25) is 0 Å². The highest BCUT2D eigenvalue weighted by atomic mass is 79.9. The third kappa shape index (κ3) is 3.89. The average molecular weight is 535 g/mol. The fourth-order valence-electron chi connectivity index (χ4n) is 3.99. The molecule has 0 bridgehead atoms. The zero-order valence-electron chi connectivity index (χ0n) is 18.1. The Morgan fingerprint density at radius 2 is 1.82 bits per heavy atom. The number of nitrogens with zero attached hydrogens (tertiary/aromatic N) is 2. The van der Waals surface area contributed by atoms with Crippen molar-refractivity contribution in [3.8, 4) is 5.75 Å². The zero-order valence-corrected chi connectivity index (χ0v) is 20.5. The molecule has 0 saturated carbocycles.